The van der Waals surface area contributed by atoms with Crippen LogP contribution in [0.15, 0.2) is 36.5 Å². The molecule has 1 fully saturated rings. The second kappa shape index (κ2) is 6.66. The van der Waals surface area contributed by atoms with Gasteiger partial charge in [-0.3, -0.25) is 9.78 Å². The Morgan fingerprint density at radius 1 is 1.27 bits per heavy atom. The first kappa shape index (κ1) is 14.7. The average molecular weight is 297 g/mol. The highest BCUT2D eigenvalue weighted by Gasteiger charge is 2.20. The number of para-hydroxylation sites is 2. The van der Waals surface area contributed by atoms with Crippen LogP contribution in [0.2, 0.25) is 0 Å². The van der Waals surface area contributed by atoms with E-state index in [1.807, 2.05) is 29.2 Å². The fourth-order valence-corrected chi connectivity index (χ4v) is 2.65. The van der Waals surface area contributed by atoms with Crippen LogP contribution in [-0.4, -0.2) is 45.6 Å². The van der Waals surface area contributed by atoms with E-state index in [1.165, 1.54) is 0 Å². The van der Waals surface area contributed by atoms with Gasteiger partial charge in [0.05, 0.1) is 22.9 Å². The zero-order valence-electron chi connectivity index (χ0n) is 12.4. The minimum absolute atomic E-state index is 0.00801. The molecule has 1 aromatic carbocycles. The number of carbonyl (C=O) groups is 1. The topological polar surface area (TPSA) is 66.3 Å². The molecular weight excluding hydrogens is 278 g/mol. The lowest BCUT2D eigenvalue weighted by Gasteiger charge is -2.30. The van der Waals surface area contributed by atoms with Gasteiger partial charge in [0.1, 0.15) is 0 Å². The van der Waals surface area contributed by atoms with E-state index in [4.69, 9.17) is 5.11 Å². The Morgan fingerprint density at radius 3 is 2.73 bits per heavy atom. The van der Waals surface area contributed by atoms with Crippen LogP contribution in [0.5, 0.6) is 0 Å². The van der Waals surface area contributed by atoms with Crippen LogP contribution in [0.25, 0.3) is 17.1 Å². The van der Waals surface area contributed by atoms with Gasteiger partial charge in [0, 0.05) is 25.8 Å². The van der Waals surface area contributed by atoms with Crippen LogP contribution in [0.4, 0.5) is 0 Å². The van der Waals surface area contributed by atoms with Crippen molar-refractivity contribution in [3.8, 4) is 0 Å². The van der Waals surface area contributed by atoms with E-state index in [1.54, 1.807) is 18.3 Å². The Morgan fingerprint density at radius 2 is 2.00 bits per heavy atom. The molecule has 0 saturated carbocycles. The molecule has 22 heavy (non-hydrogen) atoms. The summed E-state index contributed by atoms with van der Waals surface area (Å²) in [6, 6.07) is 7.65. The average Bonchev–Trinajstić information content (AvgIpc) is 2.59. The summed E-state index contributed by atoms with van der Waals surface area (Å²) in [4.78, 5) is 22.8. The molecule has 0 bridgehead atoms. The summed E-state index contributed by atoms with van der Waals surface area (Å²) in [7, 11) is 0. The third-order valence-electron chi connectivity index (χ3n) is 4.05. The minimum atomic E-state index is -0.00801. The molecule has 0 spiro atoms. The summed E-state index contributed by atoms with van der Waals surface area (Å²) < 4.78 is 0. The molecule has 1 N–H and O–H groups in total. The number of fused-ring (bicyclic) bond motifs is 1. The third-order valence-corrected chi connectivity index (χ3v) is 4.05. The number of aliphatic hydroxyl groups is 1. The normalized spacial score (nSPS) is 16.5. The van der Waals surface area contributed by atoms with Crippen LogP contribution in [0.1, 0.15) is 18.5 Å². The lowest BCUT2D eigenvalue weighted by molar-refractivity contribution is -0.127. The third kappa shape index (κ3) is 3.31. The maximum atomic E-state index is 12.2. The fourth-order valence-electron chi connectivity index (χ4n) is 2.65. The van der Waals surface area contributed by atoms with Crippen molar-refractivity contribution in [2.75, 3.05) is 19.7 Å². The van der Waals surface area contributed by atoms with Gasteiger partial charge in [-0.2, -0.15) is 0 Å². The molecule has 1 aliphatic rings. The number of nitrogens with zero attached hydrogens (tertiary/aromatic N) is 3. The maximum absolute atomic E-state index is 12.2. The molecule has 5 heteroatoms. The molecule has 1 amide bonds. The second-order valence-corrected chi connectivity index (χ2v) is 5.57. The second-order valence-electron chi connectivity index (χ2n) is 5.57. The van der Waals surface area contributed by atoms with Crippen LogP contribution in [-0.2, 0) is 4.79 Å². The van der Waals surface area contributed by atoms with Crippen LogP contribution in [0, 0.1) is 5.92 Å². The molecular formula is C17H19N3O2. The van der Waals surface area contributed by atoms with Gasteiger partial charge in [0.15, 0.2) is 0 Å². The van der Waals surface area contributed by atoms with Crippen molar-refractivity contribution in [3.63, 3.8) is 0 Å². The van der Waals surface area contributed by atoms with Gasteiger partial charge in [0.2, 0.25) is 5.91 Å². The number of hydrogen-bond donors (Lipinski definition) is 1. The highest BCUT2D eigenvalue weighted by molar-refractivity contribution is 5.91. The number of benzene rings is 1. The molecule has 1 saturated heterocycles. The Bertz CT molecular complexity index is 691. The quantitative estimate of drug-likeness (QED) is 0.878. The van der Waals surface area contributed by atoms with E-state index >= 15 is 0 Å². The minimum Gasteiger partial charge on any atom is -0.396 e. The highest BCUT2D eigenvalue weighted by Crippen LogP contribution is 2.17. The monoisotopic (exact) mass is 297 g/mol. The van der Waals surface area contributed by atoms with Crippen molar-refractivity contribution in [2.45, 2.75) is 12.8 Å². The summed E-state index contributed by atoms with van der Waals surface area (Å²) in [5, 5.41) is 9.12. The van der Waals surface area contributed by atoms with E-state index in [9.17, 15) is 4.79 Å². The summed E-state index contributed by atoms with van der Waals surface area (Å²) >= 11 is 0. The molecule has 114 valence electrons. The number of likely N-dealkylation sites (tertiary alicyclic amines) is 1. The van der Waals surface area contributed by atoms with Gasteiger partial charge in [-0.1, -0.05) is 12.1 Å². The molecule has 2 heterocycles. The zero-order valence-corrected chi connectivity index (χ0v) is 12.4. The Balaban J connectivity index is 1.66. The Labute approximate surface area is 129 Å². The first-order valence-corrected chi connectivity index (χ1v) is 7.56. The molecule has 0 radical (unpaired) electrons. The number of piperidine rings is 1. The molecule has 0 aliphatic carbocycles. The maximum Gasteiger partial charge on any atom is 0.246 e. The summed E-state index contributed by atoms with van der Waals surface area (Å²) in [6.45, 7) is 1.63. The summed E-state index contributed by atoms with van der Waals surface area (Å²) in [6.07, 6.45) is 6.67. The van der Waals surface area contributed by atoms with Crippen LogP contribution in [0.3, 0.4) is 0 Å². The predicted octanol–water partition coefficient (Wildman–Crippen LogP) is 1.87. The summed E-state index contributed by atoms with van der Waals surface area (Å²) in [5.74, 6) is 0.325. The van der Waals surface area contributed by atoms with Gasteiger partial charge in [-0.05, 0) is 37.0 Å². The molecule has 2 aromatic rings. The van der Waals surface area contributed by atoms with Crippen molar-refractivity contribution in [1.82, 2.24) is 14.9 Å². The smallest absolute Gasteiger partial charge is 0.246 e. The van der Waals surface area contributed by atoms with E-state index < -0.39 is 0 Å². The number of amides is 1. The Kier molecular flexibility index (Phi) is 4.44. The SMILES string of the molecule is O=C(/C=C/c1cnc2ccccc2n1)N1CCC(CO)CC1. The molecule has 0 atom stereocenters. The number of hydrogen-bond acceptors (Lipinski definition) is 4. The highest BCUT2D eigenvalue weighted by atomic mass is 16.3. The first-order valence-electron chi connectivity index (χ1n) is 7.56. The van der Waals surface area contributed by atoms with Gasteiger partial charge >= 0.3 is 0 Å². The largest absolute Gasteiger partial charge is 0.396 e. The lowest BCUT2D eigenvalue weighted by atomic mass is 9.98. The first-order chi connectivity index (χ1) is 10.8. The van der Waals surface area contributed by atoms with Gasteiger partial charge < -0.3 is 10.0 Å². The standard InChI is InChI=1S/C17H19N3O2/c21-12-13-7-9-20(10-8-13)17(22)6-5-14-11-18-15-3-1-2-4-16(15)19-14/h1-6,11,13,21H,7-10,12H2/b6-5+. The molecule has 0 unspecified atom stereocenters. The van der Waals surface area contributed by atoms with Crippen molar-refractivity contribution in [3.05, 3.63) is 42.2 Å². The predicted molar refractivity (Wildman–Crippen MR) is 85.0 cm³/mol. The molecule has 5 nitrogen and oxygen atoms in total. The zero-order chi connectivity index (χ0) is 15.4. The van der Waals surface area contributed by atoms with Crippen LogP contribution < -0.4 is 0 Å². The van der Waals surface area contributed by atoms with Gasteiger partial charge in [-0.25, -0.2) is 4.98 Å². The van der Waals surface area contributed by atoms with Crippen molar-refractivity contribution < 1.29 is 9.90 Å². The van der Waals surface area contributed by atoms with Crippen LogP contribution >= 0.6 is 0 Å². The van der Waals surface area contributed by atoms with Crippen molar-refractivity contribution in [1.29, 1.82) is 0 Å². The van der Waals surface area contributed by atoms with E-state index in [0.29, 0.717) is 24.7 Å². The molecule has 1 aromatic heterocycles. The van der Waals surface area contributed by atoms with Gasteiger partial charge in [-0.15, -0.1) is 0 Å². The number of aliphatic hydroxyl groups excluding tert-OH is 1. The van der Waals surface area contributed by atoms with Crippen molar-refractivity contribution in [2.24, 2.45) is 5.92 Å². The lowest BCUT2D eigenvalue weighted by Crippen LogP contribution is -2.38. The van der Waals surface area contributed by atoms with E-state index in [-0.39, 0.29) is 12.5 Å². The Hall–Kier alpha value is -2.27. The number of rotatable bonds is 3. The van der Waals surface area contributed by atoms with Crippen molar-refractivity contribution >= 4 is 23.0 Å². The number of carbonyl (C=O) groups excluding carboxylic acids is 1. The molecule has 1 aliphatic heterocycles. The van der Waals surface area contributed by atoms with Gasteiger partial charge in [0.25, 0.3) is 0 Å². The van der Waals surface area contributed by atoms with E-state index in [0.717, 1.165) is 23.9 Å². The number of aromatic nitrogens is 2. The van der Waals surface area contributed by atoms with E-state index in [2.05, 4.69) is 9.97 Å². The molecule has 3 rings (SSSR count). The fraction of sp³-hybridized carbons (Fsp3) is 0.353. The summed E-state index contributed by atoms with van der Waals surface area (Å²) in [5.41, 5.74) is 2.34.